The van der Waals surface area contributed by atoms with Crippen LogP contribution in [0, 0.1) is 30.9 Å². The van der Waals surface area contributed by atoms with Crippen molar-refractivity contribution in [3.63, 3.8) is 0 Å². The highest BCUT2D eigenvalue weighted by Crippen LogP contribution is 2.30. The fourth-order valence-electron chi connectivity index (χ4n) is 3.14. The number of nitro groups is 1. The van der Waals surface area contributed by atoms with E-state index in [2.05, 4.69) is 15.5 Å². The van der Waals surface area contributed by atoms with Gasteiger partial charge in [-0.15, -0.1) is 0 Å². The minimum Gasteiger partial charge on any atom is -0.358 e. The van der Waals surface area contributed by atoms with Gasteiger partial charge in [-0.3, -0.25) is 9.48 Å². The van der Waals surface area contributed by atoms with Gasteiger partial charge in [0.05, 0.1) is 40.0 Å². The predicted molar refractivity (Wildman–Crippen MR) is 110 cm³/mol. The number of rotatable bonds is 6. The molecule has 9 nitrogen and oxygen atoms in total. The van der Waals surface area contributed by atoms with Gasteiger partial charge in [-0.05, 0) is 43.4 Å². The van der Waals surface area contributed by atoms with Crippen LogP contribution < -0.4 is 5.32 Å². The summed E-state index contributed by atoms with van der Waals surface area (Å²) in [5.41, 5.74) is 1.30. The number of alkyl halides is 3. The van der Waals surface area contributed by atoms with Crippen LogP contribution in [0.4, 0.5) is 24.7 Å². The van der Waals surface area contributed by atoms with Crippen LogP contribution in [0.25, 0.3) is 0 Å². The molecule has 0 atom stereocenters. The summed E-state index contributed by atoms with van der Waals surface area (Å²) in [6.45, 7) is 4.57. The predicted octanol–water partition coefficient (Wildman–Crippen LogP) is 4.27. The van der Waals surface area contributed by atoms with Crippen LogP contribution in [0.2, 0.25) is 5.02 Å². The molecule has 2 heterocycles. The molecule has 0 aliphatic rings. The fourth-order valence-corrected chi connectivity index (χ4v) is 3.35. The highest BCUT2D eigenvalue weighted by molar-refractivity contribution is 6.33. The number of amides is 1. The number of anilines is 1. The van der Waals surface area contributed by atoms with Crippen molar-refractivity contribution in [2.75, 3.05) is 5.32 Å². The van der Waals surface area contributed by atoms with E-state index in [4.69, 9.17) is 11.6 Å². The van der Waals surface area contributed by atoms with Gasteiger partial charge in [0.2, 0.25) is 5.91 Å². The number of nitrogens with zero attached hydrogens (tertiary/aromatic N) is 5. The summed E-state index contributed by atoms with van der Waals surface area (Å²) in [5.74, 6) is -1.06. The van der Waals surface area contributed by atoms with Crippen LogP contribution in [0.15, 0.2) is 24.3 Å². The van der Waals surface area contributed by atoms with Crippen LogP contribution in [0.3, 0.4) is 0 Å². The lowest BCUT2D eigenvalue weighted by molar-refractivity contribution is -0.389. The zero-order valence-corrected chi connectivity index (χ0v) is 18.0. The molecular weight excluding hydrogens is 453 g/mol. The van der Waals surface area contributed by atoms with Crippen molar-refractivity contribution in [2.24, 2.45) is 0 Å². The Morgan fingerprint density at radius 3 is 2.47 bits per heavy atom. The van der Waals surface area contributed by atoms with E-state index in [1.165, 1.54) is 17.7 Å². The zero-order chi connectivity index (χ0) is 23.8. The Morgan fingerprint density at radius 2 is 1.88 bits per heavy atom. The van der Waals surface area contributed by atoms with Gasteiger partial charge in [0.15, 0.2) is 5.02 Å². The van der Waals surface area contributed by atoms with Gasteiger partial charge in [0.25, 0.3) is 0 Å². The van der Waals surface area contributed by atoms with Gasteiger partial charge in [0, 0.05) is 0 Å². The first kappa shape index (κ1) is 23.3. The topological polar surface area (TPSA) is 108 Å². The molecule has 0 aliphatic heterocycles. The quantitative estimate of drug-likeness (QED) is 0.427. The Kier molecular flexibility index (Phi) is 6.26. The highest BCUT2D eigenvalue weighted by atomic mass is 35.5. The molecule has 0 spiro atoms. The van der Waals surface area contributed by atoms with Gasteiger partial charge in [-0.25, -0.2) is 0 Å². The van der Waals surface area contributed by atoms with Crippen molar-refractivity contribution in [3.05, 3.63) is 67.6 Å². The molecule has 0 aliphatic carbocycles. The Labute approximate surface area is 184 Å². The molecule has 2 aromatic heterocycles. The molecule has 1 amide bonds. The number of aromatic nitrogens is 4. The second kappa shape index (κ2) is 8.61. The molecule has 170 valence electrons. The molecule has 0 saturated carbocycles. The number of halogens is 4. The number of hydrogen-bond donors (Lipinski definition) is 1. The van der Waals surface area contributed by atoms with E-state index in [1.54, 1.807) is 19.9 Å². The smallest absolute Gasteiger partial charge is 0.358 e. The molecule has 0 radical (unpaired) electrons. The minimum atomic E-state index is -4.45. The number of nitrogens with one attached hydrogen (secondary N) is 1. The first-order valence-electron chi connectivity index (χ1n) is 9.25. The van der Waals surface area contributed by atoms with Gasteiger partial charge >= 0.3 is 12.0 Å². The van der Waals surface area contributed by atoms with Crippen LogP contribution in [-0.4, -0.2) is 30.4 Å². The van der Waals surface area contributed by atoms with Gasteiger partial charge in [-0.1, -0.05) is 23.7 Å². The van der Waals surface area contributed by atoms with Gasteiger partial charge < -0.3 is 15.4 Å². The second-order valence-corrected chi connectivity index (χ2v) is 7.47. The van der Waals surface area contributed by atoms with E-state index in [1.807, 2.05) is 0 Å². The van der Waals surface area contributed by atoms with Crippen molar-refractivity contribution >= 4 is 29.0 Å². The number of carbonyl (C=O) groups is 1. The third-order valence-electron chi connectivity index (χ3n) is 4.82. The summed E-state index contributed by atoms with van der Waals surface area (Å²) < 4.78 is 41.5. The Morgan fingerprint density at radius 1 is 1.19 bits per heavy atom. The Balaban J connectivity index is 1.78. The molecule has 13 heteroatoms. The maximum Gasteiger partial charge on any atom is 0.416 e. The van der Waals surface area contributed by atoms with Crippen LogP contribution >= 0.6 is 11.6 Å². The minimum absolute atomic E-state index is 0.0759. The molecular formula is C19H18ClF3N6O3. The number of aryl methyl sites for hydroxylation is 1. The third kappa shape index (κ3) is 4.74. The van der Waals surface area contributed by atoms with E-state index in [9.17, 15) is 28.1 Å². The van der Waals surface area contributed by atoms with Gasteiger partial charge in [0.1, 0.15) is 6.54 Å². The zero-order valence-electron chi connectivity index (χ0n) is 17.2. The molecule has 3 aromatic rings. The molecule has 0 bridgehead atoms. The molecule has 0 unspecified atom stereocenters. The molecule has 0 saturated heterocycles. The summed E-state index contributed by atoms with van der Waals surface area (Å²) >= 11 is 5.88. The lowest BCUT2D eigenvalue weighted by atomic mass is 10.1. The summed E-state index contributed by atoms with van der Waals surface area (Å²) in [7, 11) is 0. The summed E-state index contributed by atoms with van der Waals surface area (Å²) in [6.07, 6.45) is -4.45. The summed E-state index contributed by atoms with van der Waals surface area (Å²) in [6, 6.07) is 4.92. The standard InChI is InChI=1S/C19H18ClF3N6O3/c1-10-17(24-15(30)9-28-11(2)16(20)18(26-28)29(31)32)12(3)27(25-10)8-13-5-4-6-14(7-13)19(21,22)23/h4-7H,8-9H2,1-3H3,(H,24,30). The van der Waals surface area contributed by atoms with Crippen molar-refractivity contribution in [3.8, 4) is 0 Å². The number of carbonyl (C=O) groups excluding carboxylic acids is 1. The van der Waals surface area contributed by atoms with Crippen LogP contribution in [0.5, 0.6) is 0 Å². The molecule has 3 rings (SSSR count). The Bertz CT molecular complexity index is 1200. The molecule has 0 fully saturated rings. The van der Waals surface area contributed by atoms with Crippen molar-refractivity contribution < 1.29 is 22.9 Å². The van der Waals surface area contributed by atoms with Crippen molar-refractivity contribution in [1.29, 1.82) is 0 Å². The van der Waals surface area contributed by atoms with Crippen LogP contribution in [0.1, 0.15) is 28.2 Å². The maximum atomic E-state index is 13.0. The van der Waals surface area contributed by atoms with E-state index < -0.39 is 28.4 Å². The fraction of sp³-hybridized carbons (Fsp3) is 0.316. The van der Waals surface area contributed by atoms with E-state index in [0.717, 1.165) is 16.8 Å². The van der Waals surface area contributed by atoms with Crippen molar-refractivity contribution in [2.45, 2.75) is 40.0 Å². The lowest BCUT2D eigenvalue weighted by Crippen LogP contribution is -2.21. The Hall–Kier alpha value is -3.41. The normalized spacial score (nSPS) is 11.6. The lowest BCUT2D eigenvalue weighted by Gasteiger charge is -2.10. The number of hydrogen-bond acceptors (Lipinski definition) is 5. The average Bonchev–Trinajstić information content (AvgIpc) is 3.12. The van der Waals surface area contributed by atoms with Gasteiger partial charge in [-0.2, -0.15) is 23.0 Å². The SMILES string of the molecule is Cc1nn(Cc2cccc(C(F)(F)F)c2)c(C)c1NC(=O)Cn1nc([N+](=O)[O-])c(Cl)c1C. The molecule has 32 heavy (non-hydrogen) atoms. The van der Waals surface area contributed by atoms with Crippen LogP contribution in [-0.2, 0) is 24.1 Å². The largest absolute Gasteiger partial charge is 0.416 e. The second-order valence-electron chi connectivity index (χ2n) is 7.09. The molecule has 1 aromatic carbocycles. The van der Waals surface area contributed by atoms with Crippen molar-refractivity contribution in [1.82, 2.24) is 19.6 Å². The number of benzene rings is 1. The van der Waals surface area contributed by atoms with E-state index in [-0.39, 0.29) is 23.8 Å². The monoisotopic (exact) mass is 470 g/mol. The summed E-state index contributed by atoms with van der Waals surface area (Å²) in [5, 5.41) is 21.5. The average molecular weight is 471 g/mol. The first-order chi connectivity index (χ1) is 14.9. The van der Waals surface area contributed by atoms with E-state index >= 15 is 0 Å². The first-order valence-corrected chi connectivity index (χ1v) is 9.63. The summed E-state index contributed by atoms with van der Waals surface area (Å²) in [4.78, 5) is 22.7. The third-order valence-corrected chi connectivity index (χ3v) is 5.26. The van der Waals surface area contributed by atoms with E-state index in [0.29, 0.717) is 22.6 Å². The maximum absolute atomic E-state index is 13.0. The molecule has 1 N–H and O–H groups in total. The highest BCUT2D eigenvalue weighted by Gasteiger charge is 2.30.